The molecule has 2 nitrogen and oxygen atoms in total. The Bertz CT molecular complexity index is 262. The highest BCUT2D eigenvalue weighted by Crippen LogP contribution is 2.18. The van der Waals surface area contributed by atoms with Crippen molar-refractivity contribution in [3.8, 4) is 5.75 Å². The molecule has 4 heteroatoms. The molecule has 0 saturated heterocycles. The smallest absolute Gasteiger partial charge is 0.389 e. The maximum Gasteiger partial charge on any atom is 0.389 e. The van der Waals surface area contributed by atoms with E-state index in [1.54, 1.807) is 30.3 Å². The van der Waals surface area contributed by atoms with E-state index >= 15 is 0 Å². The van der Waals surface area contributed by atoms with Crippen LogP contribution in [0.4, 0.5) is 8.78 Å². The van der Waals surface area contributed by atoms with Gasteiger partial charge in [0.1, 0.15) is 5.75 Å². The Labute approximate surface area is 81.4 Å². The summed E-state index contributed by atoms with van der Waals surface area (Å²) in [6.45, 7) is 0.715. The Balaban J connectivity index is 2.40. The van der Waals surface area contributed by atoms with E-state index in [9.17, 15) is 8.78 Å². The topological polar surface area (TPSA) is 18.5 Å². The third kappa shape index (κ3) is 3.70. The van der Waals surface area contributed by atoms with Gasteiger partial charge in [0, 0.05) is 0 Å². The summed E-state index contributed by atoms with van der Waals surface area (Å²) in [7, 11) is 0. The quantitative estimate of drug-likeness (QED) is 0.730. The fraction of sp³-hybridized carbons (Fsp3) is 0.400. The lowest BCUT2D eigenvalue weighted by Gasteiger charge is -2.16. The molecule has 0 radical (unpaired) electrons. The molecule has 14 heavy (non-hydrogen) atoms. The molecule has 0 aliphatic rings. The first-order valence-electron chi connectivity index (χ1n) is 4.33. The molecule has 0 heterocycles. The number of benzene rings is 1. The predicted molar refractivity (Wildman–Crippen MR) is 48.5 cm³/mol. The fourth-order valence-corrected chi connectivity index (χ4v) is 0.937. The molecule has 0 atom stereocenters. The van der Waals surface area contributed by atoms with Crippen LogP contribution in [0.25, 0.3) is 0 Å². The van der Waals surface area contributed by atoms with Crippen molar-refractivity contribution < 1.29 is 18.3 Å². The minimum absolute atomic E-state index is 0.0366. The van der Waals surface area contributed by atoms with E-state index < -0.39 is 12.7 Å². The third-order valence-electron chi connectivity index (χ3n) is 1.51. The van der Waals surface area contributed by atoms with Crippen LogP contribution >= 0.6 is 0 Å². The van der Waals surface area contributed by atoms with Gasteiger partial charge in [0.15, 0.2) is 6.61 Å². The van der Waals surface area contributed by atoms with Gasteiger partial charge in [0.05, 0.1) is 6.61 Å². The Morgan fingerprint density at radius 2 is 1.86 bits per heavy atom. The fourth-order valence-electron chi connectivity index (χ4n) is 0.937. The van der Waals surface area contributed by atoms with Gasteiger partial charge in [-0.05, 0) is 19.1 Å². The van der Waals surface area contributed by atoms with E-state index in [0.717, 1.165) is 0 Å². The van der Waals surface area contributed by atoms with E-state index in [2.05, 4.69) is 4.74 Å². The first kappa shape index (κ1) is 10.9. The Morgan fingerprint density at radius 1 is 1.21 bits per heavy atom. The molecule has 0 bridgehead atoms. The molecule has 78 valence electrons. The number of hydrogen-bond acceptors (Lipinski definition) is 2. The van der Waals surface area contributed by atoms with Gasteiger partial charge in [-0.25, -0.2) is 0 Å². The monoisotopic (exact) mass is 202 g/mol. The maximum absolute atomic E-state index is 12.8. The second-order valence-corrected chi connectivity index (χ2v) is 2.67. The molecule has 0 fully saturated rings. The van der Waals surface area contributed by atoms with Crippen LogP contribution in [0, 0.1) is 0 Å². The number of para-hydroxylation sites is 1. The van der Waals surface area contributed by atoms with Gasteiger partial charge < -0.3 is 9.47 Å². The van der Waals surface area contributed by atoms with Crippen molar-refractivity contribution in [2.45, 2.75) is 13.0 Å². The molecule has 0 aliphatic heterocycles. The molecule has 1 aromatic rings. The molecule has 0 amide bonds. The second-order valence-electron chi connectivity index (χ2n) is 2.67. The van der Waals surface area contributed by atoms with Crippen molar-refractivity contribution in [2.24, 2.45) is 0 Å². The van der Waals surface area contributed by atoms with Crippen molar-refractivity contribution in [1.29, 1.82) is 0 Å². The molecular weight excluding hydrogens is 190 g/mol. The first-order valence-corrected chi connectivity index (χ1v) is 4.33. The molecule has 0 spiro atoms. The summed E-state index contributed by atoms with van der Waals surface area (Å²) >= 11 is 0. The number of ether oxygens (including phenoxy) is 2. The van der Waals surface area contributed by atoms with Crippen LogP contribution in [0.3, 0.4) is 0 Å². The predicted octanol–water partition coefficient (Wildman–Crippen LogP) is 2.69. The lowest BCUT2D eigenvalue weighted by molar-refractivity contribution is -0.250. The lowest BCUT2D eigenvalue weighted by Crippen LogP contribution is -2.29. The minimum Gasteiger partial charge on any atom is -0.484 e. The van der Waals surface area contributed by atoms with Gasteiger partial charge in [-0.1, -0.05) is 18.2 Å². The van der Waals surface area contributed by atoms with Gasteiger partial charge in [0.2, 0.25) is 0 Å². The summed E-state index contributed by atoms with van der Waals surface area (Å²) in [5.41, 5.74) is 0. The third-order valence-corrected chi connectivity index (χ3v) is 1.51. The van der Waals surface area contributed by atoms with Crippen molar-refractivity contribution >= 4 is 0 Å². The molecule has 0 unspecified atom stereocenters. The van der Waals surface area contributed by atoms with E-state index in [4.69, 9.17) is 4.74 Å². The van der Waals surface area contributed by atoms with Crippen LogP contribution in [0.1, 0.15) is 6.92 Å². The number of rotatable bonds is 5. The van der Waals surface area contributed by atoms with Gasteiger partial charge in [-0.2, -0.15) is 8.78 Å². The number of alkyl halides is 2. The van der Waals surface area contributed by atoms with Crippen molar-refractivity contribution in [2.75, 3.05) is 13.2 Å². The second kappa shape index (κ2) is 4.91. The Kier molecular flexibility index (Phi) is 3.83. The van der Waals surface area contributed by atoms with Crippen molar-refractivity contribution in [1.82, 2.24) is 0 Å². The van der Waals surface area contributed by atoms with Gasteiger partial charge in [-0.3, -0.25) is 0 Å². The average molecular weight is 202 g/mol. The van der Waals surface area contributed by atoms with E-state index in [-0.39, 0.29) is 6.61 Å². The summed E-state index contributed by atoms with van der Waals surface area (Å²) in [5, 5.41) is 0. The highest BCUT2D eigenvalue weighted by molar-refractivity contribution is 5.20. The summed E-state index contributed by atoms with van der Waals surface area (Å²) in [6, 6.07) is 8.44. The molecule has 0 saturated carbocycles. The largest absolute Gasteiger partial charge is 0.484 e. The molecule has 1 aromatic carbocycles. The summed E-state index contributed by atoms with van der Waals surface area (Å²) in [4.78, 5) is 0. The van der Waals surface area contributed by atoms with E-state index in [0.29, 0.717) is 5.75 Å². The highest BCUT2D eigenvalue weighted by atomic mass is 19.3. The molecule has 0 aliphatic carbocycles. The van der Waals surface area contributed by atoms with Crippen molar-refractivity contribution in [3.05, 3.63) is 30.3 Å². The highest BCUT2D eigenvalue weighted by Gasteiger charge is 2.30. The molecule has 0 aromatic heterocycles. The van der Waals surface area contributed by atoms with Crippen molar-refractivity contribution in [3.63, 3.8) is 0 Å². The number of hydrogen-bond donors (Lipinski definition) is 0. The SMILES string of the molecule is CCOC(F)(F)COc1ccccc1. The minimum atomic E-state index is -3.22. The average Bonchev–Trinajstić information content (AvgIpc) is 2.17. The van der Waals surface area contributed by atoms with E-state index in [1.807, 2.05) is 0 Å². The zero-order valence-corrected chi connectivity index (χ0v) is 7.87. The van der Waals surface area contributed by atoms with E-state index in [1.165, 1.54) is 6.92 Å². The van der Waals surface area contributed by atoms with Gasteiger partial charge >= 0.3 is 6.11 Å². The van der Waals surface area contributed by atoms with Crippen LogP contribution < -0.4 is 4.74 Å². The lowest BCUT2D eigenvalue weighted by atomic mass is 10.3. The van der Waals surface area contributed by atoms with Crippen LogP contribution in [0.5, 0.6) is 5.75 Å². The van der Waals surface area contributed by atoms with Crippen LogP contribution in [-0.4, -0.2) is 19.3 Å². The zero-order chi connectivity index (χ0) is 10.4. The molecular formula is C10H12F2O2. The van der Waals surface area contributed by atoms with Crippen LogP contribution in [0.2, 0.25) is 0 Å². The van der Waals surface area contributed by atoms with Crippen LogP contribution in [-0.2, 0) is 4.74 Å². The van der Waals surface area contributed by atoms with Crippen LogP contribution in [0.15, 0.2) is 30.3 Å². The van der Waals surface area contributed by atoms with Gasteiger partial charge in [0.25, 0.3) is 0 Å². The maximum atomic E-state index is 12.8. The zero-order valence-electron chi connectivity index (χ0n) is 7.87. The Hall–Kier alpha value is -1.16. The summed E-state index contributed by atoms with van der Waals surface area (Å²) in [5.74, 6) is 0.409. The first-order chi connectivity index (χ1) is 6.64. The summed E-state index contributed by atoms with van der Waals surface area (Å²) in [6.07, 6.45) is -3.22. The summed E-state index contributed by atoms with van der Waals surface area (Å²) < 4.78 is 34.6. The number of halogens is 2. The Morgan fingerprint density at radius 3 is 2.43 bits per heavy atom. The normalized spacial score (nSPS) is 11.4. The van der Waals surface area contributed by atoms with Gasteiger partial charge in [-0.15, -0.1) is 0 Å². The molecule has 0 N–H and O–H groups in total. The standard InChI is InChI=1S/C10H12F2O2/c1-2-14-10(11,12)8-13-9-6-4-3-5-7-9/h3-7H,2,8H2,1H3. The molecule has 1 rings (SSSR count).